The normalized spacial score (nSPS) is 23.8. The molecule has 0 aromatic carbocycles. The number of thiazole rings is 1. The van der Waals surface area contributed by atoms with Crippen molar-refractivity contribution in [1.29, 1.82) is 0 Å². The lowest BCUT2D eigenvalue weighted by Crippen LogP contribution is -2.53. The molecule has 11 heteroatoms. The molecule has 1 spiro atoms. The van der Waals surface area contributed by atoms with Crippen LogP contribution in [-0.2, 0) is 20.9 Å². The number of piperidine rings is 1. The molecule has 0 aliphatic carbocycles. The van der Waals surface area contributed by atoms with Gasteiger partial charge in [0.25, 0.3) is 0 Å². The first-order valence-electron chi connectivity index (χ1n) is 10.4. The van der Waals surface area contributed by atoms with E-state index in [-0.39, 0.29) is 5.54 Å². The second-order valence-electron chi connectivity index (χ2n) is 8.40. The maximum Gasteiger partial charge on any atom is 0.490 e. The molecule has 0 bridgehead atoms. The largest absolute Gasteiger partial charge is 0.490 e. The first kappa shape index (κ1) is 23.9. The van der Waals surface area contributed by atoms with E-state index in [1.165, 1.54) is 6.42 Å². The number of ether oxygens (including phenoxy) is 1. The van der Waals surface area contributed by atoms with Crippen LogP contribution in [0.25, 0.3) is 0 Å². The quantitative estimate of drug-likeness (QED) is 0.739. The van der Waals surface area contributed by atoms with Crippen LogP contribution in [0.2, 0.25) is 0 Å². The summed E-state index contributed by atoms with van der Waals surface area (Å²) in [4.78, 5) is 30.7. The Morgan fingerprint density at radius 3 is 2.55 bits per heavy atom. The molecule has 1 aromatic heterocycles. The molecular formula is C20H28F3N3O4S. The molecule has 0 radical (unpaired) electrons. The Morgan fingerprint density at radius 2 is 2.03 bits per heavy atom. The van der Waals surface area contributed by atoms with Crippen LogP contribution in [-0.4, -0.2) is 76.3 Å². The van der Waals surface area contributed by atoms with Crippen molar-refractivity contribution in [3.05, 3.63) is 16.1 Å². The zero-order valence-corrected chi connectivity index (χ0v) is 18.3. The number of amides is 1. The van der Waals surface area contributed by atoms with Gasteiger partial charge in [-0.25, -0.2) is 9.78 Å². The van der Waals surface area contributed by atoms with Crippen LogP contribution in [0.5, 0.6) is 0 Å². The summed E-state index contributed by atoms with van der Waals surface area (Å²) in [6.45, 7) is 7.95. The predicted octanol–water partition coefficient (Wildman–Crippen LogP) is 3.08. The average molecular weight is 464 g/mol. The van der Waals surface area contributed by atoms with Crippen molar-refractivity contribution in [2.75, 3.05) is 32.8 Å². The number of hydrogen-bond donors (Lipinski definition) is 1. The zero-order valence-electron chi connectivity index (χ0n) is 17.5. The summed E-state index contributed by atoms with van der Waals surface area (Å²) in [7, 11) is 0. The van der Waals surface area contributed by atoms with Gasteiger partial charge < -0.3 is 19.6 Å². The molecule has 1 amide bonds. The fraction of sp³-hybridized carbons (Fsp3) is 0.750. The number of carbonyl (C=O) groups excluding carboxylic acids is 1. The molecule has 1 aromatic rings. The van der Waals surface area contributed by atoms with Gasteiger partial charge in [0.1, 0.15) is 0 Å². The third kappa shape index (κ3) is 6.17. The summed E-state index contributed by atoms with van der Waals surface area (Å²) in [5.74, 6) is -1.73. The van der Waals surface area contributed by atoms with Crippen molar-refractivity contribution >= 4 is 23.2 Å². The van der Waals surface area contributed by atoms with E-state index >= 15 is 0 Å². The molecule has 0 saturated carbocycles. The van der Waals surface area contributed by atoms with Crippen LogP contribution < -0.4 is 0 Å². The van der Waals surface area contributed by atoms with Gasteiger partial charge in [0.2, 0.25) is 5.91 Å². The Kier molecular flexibility index (Phi) is 7.59. The van der Waals surface area contributed by atoms with Crippen LogP contribution in [0.1, 0.15) is 42.8 Å². The maximum absolute atomic E-state index is 12.5. The molecule has 3 aliphatic rings. The number of nitrogens with zero attached hydrogens (tertiary/aromatic N) is 3. The van der Waals surface area contributed by atoms with Gasteiger partial charge >= 0.3 is 12.1 Å². The van der Waals surface area contributed by atoms with Crippen molar-refractivity contribution in [1.82, 2.24) is 14.8 Å². The molecule has 31 heavy (non-hydrogen) atoms. The molecule has 3 fully saturated rings. The zero-order chi connectivity index (χ0) is 22.6. The van der Waals surface area contributed by atoms with Crippen molar-refractivity contribution in [3.8, 4) is 0 Å². The molecular weight excluding hydrogens is 435 g/mol. The second kappa shape index (κ2) is 9.83. The first-order chi connectivity index (χ1) is 14.6. The monoisotopic (exact) mass is 463 g/mol. The molecule has 3 aliphatic heterocycles. The number of carboxylic acid groups (broad SMARTS) is 1. The number of rotatable bonds is 4. The van der Waals surface area contributed by atoms with Gasteiger partial charge in [-0.3, -0.25) is 4.79 Å². The second-order valence-corrected chi connectivity index (χ2v) is 9.46. The number of aryl methyl sites for hydroxylation is 1. The average Bonchev–Trinajstić information content (AvgIpc) is 3.42. The van der Waals surface area contributed by atoms with E-state index < -0.39 is 12.1 Å². The number of hydrogen-bond acceptors (Lipinski definition) is 6. The highest BCUT2D eigenvalue weighted by atomic mass is 32.1. The van der Waals surface area contributed by atoms with Crippen LogP contribution in [0.3, 0.4) is 0 Å². The lowest BCUT2D eigenvalue weighted by molar-refractivity contribution is -0.192. The summed E-state index contributed by atoms with van der Waals surface area (Å²) in [6, 6.07) is 0. The van der Waals surface area contributed by atoms with E-state index in [2.05, 4.69) is 20.2 Å². The number of aliphatic carboxylic acids is 1. The number of likely N-dealkylation sites (tertiary alicyclic amines) is 2. The molecule has 3 saturated heterocycles. The number of carbonyl (C=O) groups is 2. The van der Waals surface area contributed by atoms with Crippen molar-refractivity contribution in [2.24, 2.45) is 5.92 Å². The highest BCUT2D eigenvalue weighted by molar-refractivity contribution is 7.09. The Labute approximate surface area is 183 Å². The third-order valence-electron chi connectivity index (χ3n) is 6.23. The van der Waals surface area contributed by atoms with Crippen LogP contribution in [0, 0.1) is 12.8 Å². The van der Waals surface area contributed by atoms with E-state index in [0.29, 0.717) is 24.8 Å². The lowest BCUT2D eigenvalue weighted by atomic mass is 9.84. The molecule has 1 unspecified atom stereocenters. The summed E-state index contributed by atoms with van der Waals surface area (Å²) >= 11 is 1.67. The van der Waals surface area contributed by atoms with Gasteiger partial charge in [-0.15, -0.1) is 11.3 Å². The Morgan fingerprint density at radius 1 is 1.35 bits per heavy atom. The van der Waals surface area contributed by atoms with Crippen LogP contribution >= 0.6 is 11.3 Å². The molecule has 7 nitrogen and oxygen atoms in total. The summed E-state index contributed by atoms with van der Waals surface area (Å²) in [5, 5.41) is 10.3. The minimum Gasteiger partial charge on any atom is -0.475 e. The van der Waals surface area contributed by atoms with Gasteiger partial charge in [-0.1, -0.05) is 0 Å². The molecule has 174 valence electrons. The highest BCUT2D eigenvalue weighted by Crippen LogP contribution is 2.40. The first-order valence-corrected chi connectivity index (χ1v) is 11.3. The minimum atomic E-state index is -5.08. The van der Waals surface area contributed by atoms with Gasteiger partial charge in [0.15, 0.2) is 0 Å². The summed E-state index contributed by atoms with van der Waals surface area (Å²) < 4.78 is 37.2. The standard InChI is InChI=1S/C18H27N3O2S.C2HF3O2/c1-14-19-16(13-24-14)11-21-17(22)2-4-18(21)5-7-20(8-6-18)10-15-3-9-23-12-15;3-2(4,5)1(6)7/h13,15H,2-12H2,1H3;(H,6,7). The predicted molar refractivity (Wildman–Crippen MR) is 108 cm³/mol. The van der Waals surface area contributed by atoms with Crippen LogP contribution in [0.15, 0.2) is 5.38 Å². The molecule has 4 rings (SSSR count). The van der Waals surface area contributed by atoms with Crippen molar-refractivity contribution in [2.45, 2.75) is 57.3 Å². The van der Waals surface area contributed by atoms with E-state index in [1.54, 1.807) is 11.3 Å². The lowest BCUT2D eigenvalue weighted by Gasteiger charge is -2.45. The van der Waals surface area contributed by atoms with Gasteiger partial charge in [0, 0.05) is 43.6 Å². The number of alkyl halides is 3. The van der Waals surface area contributed by atoms with Gasteiger partial charge in [-0.2, -0.15) is 13.2 Å². The van der Waals surface area contributed by atoms with Crippen LogP contribution in [0.4, 0.5) is 13.2 Å². The highest BCUT2D eigenvalue weighted by Gasteiger charge is 2.47. The van der Waals surface area contributed by atoms with Crippen molar-refractivity contribution in [3.63, 3.8) is 0 Å². The Hall–Kier alpha value is -1.72. The van der Waals surface area contributed by atoms with E-state index in [9.17, 15) is 18.0 Å². The Balaban J connectivity index is 0.000000339. The van der Waals surface area contributed by atoms with Gasteiger partial charge in [0.05, 0.1) is 23.9 Å². The van der Waals surface area contributed by atoms with E-state index in [0.717, 1.165) is 62.8 Å². The third-order valence-corrected chi connectivity index (χ3v) is 7.06. The number of carboxylic acids is 1. The molecule has 4 heterocycles. The fourth-order valence-corrected chi connectivity index (χ4v) is 5.14. The topological polar surface area (TPSA) is 83.0 Å². The number of halogens is 3. The summed E-state index contributed by atoms with van der Waals surface area (Å²) in [6.07, 6.45) is 0.0647. The maximum atomic E-state index is 12.5. The van der Waals surface area contributed by atoms with E-state index in [4.69, 9.17) is 14.6 Å². The van der Waals surface area contributed by atoms with Gasteiger partial charge in [-0.05, 0) is 38.5 Å². The van der Waals surface area contributed by atoms with E-state index in [1.807, 2.05) is 6.92 Å². The smallest absolute Gasteiger partial charge is 0.475 e. The molecule has 1 atom stereocenters. The number of aromatic nitrogens is 1. The molecule has 1 N–H and O–H groups in total. The minimum absolute atomic E-state index is 0.0806. The Bertz CT molecular complexity index is 772. The van der Waals surface area contributed by atoms with Crippen molar-refractivity contribution < 1.29 is 32.6 Å². The fourth-order valence-electron chi connectivity index (χ4n) is 4.54. The SMILES string of the molecule is Cc1nc(CN2C(=O)CCC23CCN(CC2CCOC2)CC3)cs1.O=C(O)C(F)(F)F. The summed E-state index contributed by atoms with van der Waals surface area (Å²) in [5.41, 5.74) is 1.13.